The molecule has 1 aliphatic heterocycles. The quantitative estimate of drug-likeness (QED) is 0.680. The van der Waals surface area contributed by atoms with Gasteiger partial charge in [-0.3, -0.25) is 10.1 Å². The molecule has 2 rings (SSSR count). The first-order valence-corrected chi connectivity index (χ1v) is 6.05. The Labute approximate surface area is 107 Å². The minimum absolute atomic E-state index is 0.00577. The molecule has 1 saturated heterocycles. The van der Waals surface area contributed by atoms with Crippen LogP contribution in [0.1, 0.15) is 12.0 Å². The smallest absolute Gasteiger partial charge is 0.291 e. The van der Waals surface area contributed by atoms with Crippen molar-refractivity contribution in [1.82, 2.24) is 10.3 Å². The van der Waals surface area contributed by atoms with Crippen LogP contribution in [0.25, 0.3) is 0 Å². The van der Waals surface area contributed by atoms with Crippen LogP contribution in [0.15, 0.2) is 10.7 Å². The number of nitro groups is 1. The molecule has 7 heteroatoms. The molecule has 92 valence electrons. The van der Waals surface area contributed by atoms with Crippen molar-refractivity contribution in [2.45, 2.75) is 19.4 Å². The Kier molecular flexibility index (Phi) is 3.58. The van der Waals surface area contributed by atoms with Crippen LogP contribution in [0.5, 0.6) is 5.88 Å². The van der Waals surface area contributed by atoms with Gasteiger partial charge in [0.15, 0.2) is 0 Å². The van der Waals surface area contributed by atoms with Crippen LogP contribution >= 0.6 is 15.9 Å². The van der Waals surface area contributed by atoms with Gasteiger partial charge in [0.05, 0.1) is 9.40 Å². The Balaban J connectivity index is 2.23. The summed E-state index contributed by atoms with van der Waals surface area (Å²) in [6.45, 7) is 3.38. The van der Waals surface area contributed by atoms with E-state index in [1.54, 1.807) is 6.92 Å². The molecule has 0 bridgehead atoms. The topological polar surface area (TPSA) is 77.3 Å². The number of nitrogens with zero attached hydrogens (tertiary/aromatic N) is 2. The largest absolute Gasteiger partial charge is 0.472 e. The standard InChI is InChI=1S/C10H12BrN3O3/c1-6-8(14(15)16)5-13-10(9(6)11)17-7-2-3-12-4-7/h5,7,12H,2-4H2,1H3. The third kappa shape index (κ3) is 2.55. The van der Waals surface area contributed by atoms with Gasteiger partial charge in [-0.05, 0) is 35.8 Å². The van der Waals surface area contributed by atoms with Gasteiger partial charge in [-0.2, -0.15) is 0 Å². The Bertz CT molecular complexity index is 447. The van der Waals surface area contributed by atoms with Crippen LogP contribution in [0.2, 0.25) is 0 Å². The first kappa shape index (κ1) is 12.3. The maximum atomic E-state index is 10.7. The molecule has 6 nitrogen and oxygen atoms in total. The third-order valence-corrected chi connectivity index (χ3v) is 3.63. The lowest BCUT2D eigenvalue weighted by Crippen LogP contribution is -2.20. The van der Waals surface area contributed by atoms with Crippen LogP contribution in [0.3, 0.4) is 0 Å². The second-order valence-electron chi connectivity index (χ2n) is 3.88. The average molecular weight is 302 g/mol. The van der Waals surface area contributed by atoms with Crippen LogP contribution < -0.4 is 10.1 Å². The minimum atomic E-state index is -0.450. The van der Waals surface area contributed by atoms with Gasteiger partial charge in [0, 0.05) is 12.1 Å². The SMILES string of the molecule is Cc1c([N+](=O)[O-])cnc(OC2CCNC2)c1Br. The second kappa shape index (κ2) is 4.97. The van der Waals surface area contributed by atoms with E-state index in [9.17, 15) is 10.1 Å². The van der Waals surface area contributed by atoms with Crippen LogP contribution in [0.4, 0.5) is 5.69 Å². The van der Waals surface area contributed by atoms with Gasteiger partial charge in [0.2, 0.25) is 5.88 Å². The number of hydrogen-bond acceptors (Lipinski definition) is 5. The molecule has 0 radical (unpaired) electrons. The molecule has 1 aromatic rings. The summed E-state index contributed by atoms with van der Waals surface area (Å²) in [6, 6.07) is 0. The fraction of sp³-hybridized carbons (Fsp3) is 0.500. The first-order valence-electron chi connectivity index (χ1n) is 5.26. The monoisotopic (exact) mass is 301 g/mol. The number of halogens is 1. The van der Waals surface area contributed by atoms with Gasteiger partial charge >= 0.3 is 0 Å². The van der Waals surface area contributed by atoms with Gasteiger partial charge in [-0.15, -0.1) is 0 Å². The predicted molar refractivity (Wildman–Crippen MR) is 65.2 cm³/mol. The Morgan fingerprint density at radius 1 is 1.71 bits per heavy atom. The lowest BCUT2D eigenvalue weighted by Gasteiger charge is -2.13. The molecule has 2 heterocycles. The summed E-state index contributed by atoms with van der Waals surface area (Å²) in [5.41, 5.74) is 0.528. The van der Waals surface area contributed by atoms with E-state index in [0.29, 0.717) is 15.9 Å². The highest BCUT2D eigenvalue weighted by atomic mass is 79.9. The van der Waals surface area contributed by atoms with Crippen molar-refractivity contribution in [3.63, 3.8) is 0 Å². The third-order valence-electron chi connectivity index (χ3n) is 2.70. The number of pyridine rings is 1. The molecule has 1 aromatic heterocycles. The fourth-order valence-corrected chi connectivity index (χ4v) is 2.10. The van der Waals surface area contributed by atoms with Gasteiger partial charge in [0.25, 0.3) is 5.69 Å². The van der Waals surface area contributed by atoms with Crippen molar-refractivity contribution in [2.75, 3.05) is 13.1 Å². The van der Waals surface area contributed by atoms with E-state index in [1.165, 1.54) is 6.20 Å². The lowest BCUT2D eigenvalue weighted by atomic mass is 10.2. The summed E-state index contributed by atoms with van der Waals surface area (Å²) >= 11 is 3.29. The summed E-state index contributed by atoms with van der Waals surface area (Å²) in [5, 5.41) is 13.9. The molecule has 17 heavy (non-hydrogen) atoms. The fourth-order valence-electron chi connectivity index (χ4n) is 1.70. The molecule has 0 saturated carbocycles. The maximum absolute atomic E-state index is 10.7. The molecule has 1 unspecified atom stereocenters. The zero-order valence-electron chi connectivity index (χ0n) is 9.27. The minimum Gasteiger partial charge on any atom is -0.472 e. The van der Waals surface area contributed by atoms with E-state index in [0.717, 1.165) is 19.5 Å². The molecule has 1 aliphatic rings. The van der Waals surface area contributed by atoms with E-state index >= 15 is 0 Å². The number of hydrogen-bond donors (Lipinski definition) is 1. The van der Waals surface area contributed by atoms with Crippen LogP contribution in [-0.2, 0) is 0 Å². The predicted octanol–water partition coefficient (Wildman–Crippen LogP) is 1.80. The highest BCUT2D eigenvalue weighted by Crippen LogP contribution is 2.32. The normalized spacial score (nSPS) is 19.3. The van der Waals surface area contributed by atoms with E-state index in [2.05, 4.69) is 26.2 Å². The molecule has 1 atom stereocenters. The van der Waals surface area contributed by atoms with Crippen molar-refractivity contribution in [3.8, 4) is 5.88 Å². The van der Waals surface area contributed by atoms with Crippen molar-refractivity contribution in [3.05, 3.63) is 26.3 Å². The van der Waals surface area contributed by atoms with Crippen molar-refractivity contribution in [1.29, 1.82) is 0 Å². The summed E-state index contributed by atoms with van der Waals surface area (Å²) in [6.07, 6.45) is 2.24. The zero-order chi connectivity index (χ0) is 12.4. The lowest BCUT2D eigenvalue weighted by molar-refractivity contribution is -0.385. The molecule has 0 amide bonds. The zero-order valence-corrected chi connectivity index (χ0v) is 10.9. The van der Waals surface area contributed by atoms with Gasteiger partial charge in [0.1, 0.15) is 12.3 Å². The number of ether oxygens (including phenoxy) is 1. The van der Waals surface area contributed by atoms with E-state index in [4.69, 9.17) is 4.74 Å². The average Bonchev–Trinajstić information content (AvgIpc) is 2.77. The van der Waals surface area contributed by atoms with Crippen molar-refractivity contribution >= 4 is 21.6 Å². The summed E-state index contributed by atoms with van der Waals surface area (Å²) in [4.78, 5) is 14.3. The van der Waals surface area contributed by atoms with E-state index in [1.807, 2.05) is 0 Å². The van der Waals surface area contributed by atoms with Gasteiger partial charge in [-0.25, -0.2) is 4.98 Å². The number of rotatable bonds is 3. The van der Waals surface area contributed by atoms with Crippen molar-refractivity contribution < 1.29 is 9.66 Å². The molecule has 0 aromatic carbocycles. The number of aromatic nitrogens is 1. The molecule has 0 spiro atoms. The summed E-state index contributed by atoms with van der Waals surface area (Å²) in [5.74, 6) is 0.418. The van der Waals surface area contributed by atoms with Crippen LogP contribution in [-0.4, -0.2) is 29.1 Å². The molecule has 1 fully saturated rings. The Hall–Kier alpha value is -1.21. The molecule has 1 N–H and O–H groups in total. The highest BCUT2D eigenvalue weighted by Gasteiger charge is 2.22. The molecule has 0 aliphatic carbocycles. The van der Waals surface area contributed by atoms with Crippen LogP contribution in [0, 0.1) is 17.0 Å². The Morgan fingerprint density at radius 2 is 2.47 bits per heavy atom. The molecular formula is C10H12BrN3O3. The second-order valence-corrected chi connectivity index (χ2v) is 4.67. The first-order chi connectivity index (χ1) is 8.09. The number of nitrogens with one attached hydrogen (secondary N) is 1. The van der Waals surface area contributed by atoms with E-state index in [-0.39, 0.29) is 11.8 Å². The van der Waals surface area contributed by atoms with Gasteiger partial charge < -0.3 is 10.1 Å². The maximum Gasteiger partial charge on any atom is 0.291 e. The van der Waals surface area contributed by atoms with E-state index < -0.39 is 4.92 Å². The Morgan fingerprint density at radius 3 is 3.06 bits per heavy atom. The van der Waals surface area contributed by atoms with Gasteiger partial charge in [-0.1, -0.05) is 0 Å². The molecular weight excluding hydrogens is 290 g/mol. The van der Waals surface area contributed by atoms with Crippen molar-refractivity contribution in [2.24, 2.45) is 0 Å². The highest BCUT2D eigenvalue weighted by molar-refractivity contribution is 9.10. The summed E-state index contributed by atoms with van der Waals surface area (Å²) in [7, 11) is 0. The summed E-state index contributed by atoms with van der Waals surface area (Å²) < 4.78 is 6.23.